The van der Waals surface area contributed by atoms with Crippen molar-refractivity contribution in [2.24, 2.45) is 11.7 Å². The molecule has 2 aromatic rings. The van der Waals surface area contributed by atoms with E-state index in [-0.39, 0.29) is 0 Å². The van der Waals surface area contributed by atoms with E-state index in [0.29, 0.717) is 5.69 Å². The summed E-state index contributed by atoms with van der Waals surface area (Å²) in [6.07, 6.45) is 0. The summed E-state index contributed by atoms with van der Waals surface area (Å²) < 4.78 is 0. The van der Waals surface area contributed by atoms with E-state index in [4.69, 9.17) is 11.7 Å². The van der Waals surface area contributed by atoms with Crippen LogP contribution in [-0.2, 0) is 0 Å². The number of hydrogen-bond acceptors (Lipinski definition) is 4. The molecule has 0 bridgehead atoms. The number of amides is 2. The molecule has 0 aliphatic carbocycles. The number of carbonyl (C=O) groups is 1. The number of nitrogens with zero attached hydrogens (tertiary/aromatic N) is 2. The lowest BCUT2D eigenvalue weighted by atomic mass is 10.2. The fourth-order valence-electron chi connectivity index (χ4n) is 1.55. The molecule has 0 radical (unpaired) electrons. The van der Waals surface area contributed by atoms with Crippen LogP contribution in [-0.4, -0.2) is 11.0 Å². The van der Waals surface area contributed by atoms with Gasteiger partial charge < -0.3 is 0 Å². The molecule has 6 heteroatoms. The molecular formula is C11H13N5O. The maximum Gasteiger partial charge on any atom is 0.350 e. The number of fused-ring (bicyclic) bond motifs is 1. The molecule has 0 spiro atoms. The van der Waals surface area contributed by atoms with E-state index in [1.165, 1.54) is 0 Å². The van der Waals surface area contributed by atoms with Crippen molar-refractivity contribution in [2.45, 2.75) is 6.92 Å². The van der Waals surface area contributed by atoms with Gasteiger partial charge in [-0.2, -0.15) is 0 Å². The molecule has 2 rings (SSSR count). The van der Waals surface area contributed by atoms with E-state index >= 15 is 0 Å². The third-order valence-electron chi connectivity index (χ3n) is 2.43. The van der Waals surface area contributed by atoms with Crippen LogP contribution in [0.5, 0.6) is 0 Å². The Hall–Kier alpha value is -2.18. The molecule has 0 atom stereocenters. The molecule has 1 aromatic carbocycles. The number of nitrogens with two attached hydrogens (primary N) is 2. The molecule has 2 amide bonds. The van der Waals surface area contributed by atoms with E-state index in [1.807, 2.05) is 24.5 Å². The van der Waals surface area contributed by atoms with Gasteiger partial charge in [-0.05, 0) is 31.2 Å². The number of hydrazine groups is 2. The summed E-state index contributed by atoms with van der Waals surface area (Å²) in [4.78, 5) is 15.6. The van der Waals surface area contributed by atoms with Crippen molar-refractivity contribution in [3.8, 4) is 0 Å². The molecule has 17 heavy (non-hydrogen) atoms. The highest BCUT2D eigenvalue weighted by atomic mass is 16.2. The number of urea groups is 1. The maximum absolute atomic E-state index is 11.3. The largest absolute Gasteiger partial charge is 0.350 e. The standard InChI is InChI=1S/C11H13N5O/c1-7-2-3-8-6-9(4-5-10(8)14-7)16(13)11(17)15-12/h2-6H,12-13H2,1H3,(H,15,17). The fraction of sp³-hybridized carbons (Fsp3) is 0.0909. The van der Waals surface area contributed by atoms with Crippen LogP contribution in [0.2, 0.25) is 0 Å². The van der Waals surface area contributed by atoms with Gasteiger partial charge in [0.05, 0.1) is 11.2 Å². The van der Waals surface area contributed by atoms with Crippen molar-refractivity contribution in [1.29, 1.82) is 0 Å². The monoisotopic (exact) mass is 231 g/mol. The zero-order chi connectivity index (χ0) is 12.4. The van der Waals surface area contributed by atoms with E-state index in [2.05, 4.69) is 4.98 Å². The lowest BCUT2D eigenvalue weighted by molar-refractivity contribution is 0.246. The molecule has 6 nitrogen and oxygen atoms in total. The molecule has 1 heterocycles. The van der Waals surface area contributed by atoms with Crippen LogP contribution in [0.25, 0.3) is 10.9 Å². The Bertz CT molecular complexity index is 569. The average molecular weight is 231 g/mol. The van der Waals surface area contributed by atoms with Gasteiger partial charge in [0.15, 0.2) is 0 Å². The average Bonchev–Trinajstić information content (AvgIpc) is 2.36. The Kier molecular flexibility index (Phi) is 2.90. The topological polar surface area (TPSA) is 97.3 Å². The molecule has 0 saturated heterocycles. The van der Waals surface area contributed by atoms with Gasteiger partial charge in [-0.25, -0.2) is 21.5 Å². The summed E-state index contributed by atoms with van der Waals surface area (Å²) in [6, 6.07) is 8.54. The van der Waals surface area contributed by atoms with Crippen LogP contribution in [0.1, 0.15) is 5.69 Å². The summed E-state index contributed by atoms with van der Waals surface area (Å²) in [6.45, 7) is 1.92. The number of benzene rings is 1. The Morgan fingerprint density at radius 2 is 2.12 bits per heavy atom. The first-order valence-corrected chi connectivity index (χ1v) is 5.04. The Morgan fingerprint density at radius 1 is 1.35 bits per heavy atom. The van der Waals surface area contributed by atoms with Gasteiger partial charge in [0.25, 0.3) is 0 Å². The maximum atomic E-state index is 11.3. The second-order valence-electron chi connectivity index (χ2n) is 3.65. The van der Waals surface area contributed by atoms with E-state index in [9.17, 15) is 4.79 Å². The van der Waals surface area contributed by atoms with Gasteiger partial charge in [0.2, 0.25) is 0 Å². The van der Waals surface area contributed by atoms with Gasteiger partial charge in [-0.15, -0.1) is 0 Å². The van der Waals surface area contributed by atoms with Crippen molar-refractivity contribution >= 4 is 22.6 Å². The Morgan fingerprint density at radius 3 is 2.82 bits per heavy atom. The predicted molar refractivity (Wildman–Crippen MR) is 65.9 cm³/mol. The molecule has 0 aliphatic heterocycles. The normalized spacial score (nSPS) is 10.3. The predicted octanol–water partition coefficient (Wildman–Crippen LogP) is 0.807. The van der Waals surface area contributed by atoms with Crippen LogP contribution in [0.4, 0.5) is 10.5 Å². The molecule has 1 aromatic heterocycles. The summed E-state index contributed by atoms with van der Waals surface area (Å²) in [5.41, 5.74) is 4.31. The first-order valence-electron chi connectivity index (χ1n) is 5.04. The molecule has 88 valence electrons. The summed E-state index contributed by atoms with van der Waals surface area (Å²) >= 11 is 0. The number of nitrogens with one attached hydrogen (secondary N) is 1. The van der Waals surface area contributed by atoms with E-state index in [0.717, 1.165) is 21.6 Å². The molecule has 0 saturated carbocycles. The zero-order valence-electron chi connectivity index (χ0n) is 9.34. The van der Waals surface area contributed by atoms with Crippen LogP contribution in [0.3, 0.4) is 0 Å². The van der Waals surface area contributed by atoms with Gasteiger partial charge in [-0.3, -0.25) is 10.4 Å². The Balaban J connectivity index is 2.44. The quantitative estimate of drug-likeness (QED) is 0.384. The smallest absolute Gasteiger partial charge is 0.274 e. The van der Waals surface area contributed by atoms with Crippen LogP contribution in [0, 0.1) is 6.92 Å². The Labute approximate surface area is 98.2 Å². The molecule has 0 unspecified atom stereocenters. The second kappa shape index (κ2) is 4.36. The number of aryl methyl sites for hydroxylation is 1. The third-order valence-corrected chi connectivity index (χ3v) is 2.43. The van der Waals surface area contributed by atoms with Crippen LogP contribution < -0.4 is 22.1 Å². The van der Waals surface area contributed by atoms with E-state index < -0.39 is 6.03 Å². The summed E-state index contributed by atoms with van der Waals surface area (Å²) in [7, 11) is 0. The van der Waals surface area contributed by atoms with Gasteiger partial charge in [0, 0.05) is 11.1 Å². The first-order chi connectivity index (χ1) is 8.11. The minimum atomic E-state index is -0.579. The van der Waals surface area contributed by atoms with Gasteiger partial charge in [-0.1, -0.05) is 6.07 Å². The number of anilines is 1. The first kappa shape index (κ1) is 11.3. The molecule has 0 fully saturated rings. The number of carbonyl (C=O) groups excluding carboxylic acids is 1. The van der Waals surface area contributed by atoms with Crippen LogP contribution >= 0.6 is 0 Å². The number of pyridine rings is 1. The minimum Gasteiger partial charge on any atom is -0.274 e. The zero-order valence-corrected chi connectivity index (χ0v) is 9.34. The number of hydrogen-bond donors (Lipinski definition) is 3. The van der Waals surface area contributed by atoms with Crippen molar-refractivity contribution in [3.63, 3.8) is 0 Å². The second-order valence-corrected chi connectivity index (χ2v) is 3.65. The minimum absolute atomic E-state index is 0.547. The van der Waals surface area contributed by atoms with E-state index in [1.54, 1.807) is 18.2 Å². The van der Waals surface area contributed by atoms with Crippen molar-refractivity contribution in [2.75, 3.05) is 5.01 Å². The van der Waals surface area contributed by atoms with Crippen molar-refractivity contribution < 1.29 is 4.79 Å². The summed E-state index contributed by atoms with van der Waals surface area (Å²) in [5.74, 6) is 10.6. The van der Waals surface area contributed by atoms with Gasteiger partial charge in [0.1, 0.15) is 0 Å². The fourth-order valence-corrected chi connectivity index (χ4v) is 1.55. The third kappa shape index (κ3) is 2.17. The van der Waals surface area contributed by atoms with Crippen molar-refractivity contribution in [3.05, 3.63) is 36.0 Å². The number of rotatable bonds is 1. The highest BCUT2D eigenvalue weighted by Gasteiger charge is 2.10. The highest BCUT2D eigenvalue weighted by Crippen LogP contribution is 2.19. The summed E-state index contributed by atoms with van der Waals surface area (Å²) in [5, 5.41) is 1.85. The van der Waals surface area contributed by atoms with Crippen molar-refractivity contribution in [1.82, 2.24) is 10.4 Å². The number of aromatic nitrogens is 1. The van der Waals surface area contributed by atoms with Gasteiger partial charge >= 0.3 is 6.03 Å². The lowest BCUT2D eigenvalue weighted by Crippen LogP contribution is -2.47. The lowest BCUT2D eigenvalue weighted by Gasteiger charge is -2.16. The SMILES string of the molecule is Cc1ccc2cc(N(N)C(=O)NN)ccc2n1. The van der Waals surface area contributed by atoms with Crippen LogP contribution in [0.15, 0.2) is 30.3 Å². The highest BCUT2D eigenvalue weighted by molar-refractivity contribution is 5.93. The molecular weight excluding hydrogens is 218 g/mol. The molecule has 5 N–H and O–H groups in total. The molecule has 0 aliphatic rings.